The number of thiophene rings is 1. The van der Waals surface area contributed by atoms with Crippen LogP contribution < -0.4 is 5.73 Å². The Hall–Kier alpha value is -2.21. The molecule has 0 aliphatic heterocycles. The van der Waals surface area contributed by atoms with Crippen LogP contribution in [-0.4, -0.2) is 19.7 Å². The fourth-order valence-corrected chi connectivity index (χ4v) is 2.64. The Morgan fingerprint density at radius 2 is 1.95 bits per heavy atom. The number of hydrogen-bond acceptors (Lipinski definition) is 5. The maximum absolute atomic E-state index is 6.01. The molecule has 3 aromatic rings. The van der Waals surface area contributed by atoms with Crippen LogP contribution in [0.3, 0.4) is 0 Å². The molecule has 2 N–H and O–H groups in total. The molecule has 5 nitrogen and oxygen atoms in total. The van der Waals surface area contributed by atoms with E-state index in [1.165, 1.54) is 0 Å². The summed E-state index contributed by atoms with van der Waals surface area (Å²) in [6, 6.07) is 5.90. The molecule has 0 atom stereocenters. The summed E-state index contributed by atoms with van der Waals surface area (Å²) in [5, 5.41) is 6.48. The van der Waals surface area contributed by atoms with E-state index < -0.39 is 0 Å². The Kier molecular flexibility index (Phi) is 2.79. The summed E-state index contributed by atoms with van der Waals surface area (Å²) in [4.78, 5) is 9.80. The molecular weight excluding hydrogens is 258 g/mol. The number of nitrogens with two attached hydrogens (primary N) is 1. The lowest BCUT2D eigenvalue weighted by Crippen LogP contribution is -2.04. The molecule has 96 valence electrons. The Bertz CT molecular complexity index is 694. The van der Waals surface area contributed by atoms with Gasteiger partial charge in [0.15, 0.2) is 0 Å². The van der Waals surface area contributed by atoms with Crippen molar-refractivity contribution in [1.82, 2.24) is 19.7 Å². The summed E-state index contributed by atoms with van der Waals surface area (Å²) in [7, 11) is 0. The monoisotopic (exact) mass is 271 g/mol. The predicted octanol–water partition coefficient (Wildman–Crippen LogP) is 2.59. The van der Waals surface area contributed by atoms with Gasteiger partial charge in [-0.1, -0.05) is 6.07 Å². The molecule has 0 fully saturated rings. The van der Waals surface area contributed by atoms with Gasteiger partial charge >= 0.3 is 0 Å². The molecule has 3 heterocycles. The Morgan fingerprint density at radius 3 is 2.58 bits per heavy atom. The van der Waals surface area contributed by atoms with Crippen LogP contribution in [0.15, 0.2) is 29.8 Å². The minimum atomic E-state index is 0.548. The summed E-state index contributed by atoms with van der Waals surface area (Å²) in [6.45, 7) is 3.87. The van der Waals surface area contributed by atoms with Crippen molar-refractivity contribution in [3.8, 4) is 16.5 Å². The van der Waals surface area contributed by atoms with Crippen LogP contribution in [0.25, 0.3) is 16.5 Å². The first kappa shape index (κ1) is 11.9. The highest BCUT2D eigenvalue weighted by Crippen LogP contribution is 2.28. The van der Waals surface area contributed by atoms with Crippen LogP contribution >= 0.6 is 11.3 Å². The minimum absolute atomic E-state index is 0.548. The topological polar surface area (TPSA) is 69.6 Å². The van der Waals surface area contributed by atoms with E-state index in [4.69, 9.17) is 5.73 Å². The molecule has 0 saturated carbocycles. The molecule has 0 bridgehead atoms. The molecule has 0 amide bonds. The number of aromatic nitrogens is 4. The number of nitrogen functional groups attached to an aromatic ring is 1. The van der Waals surface area contributed by atoms with E-state index in [0.29, 0.717) is 11.6 Å². The van der Waals surface area contributed by atoms with E-state index in [9.17, 15) is 0 Å². The zero-order chi connectivity index (χ0) is 13.4. The Labute approximate surface area is 114 Å². The van der Waals surface area contributed by atoms with Crippen LogP contribution in [0.5, 0.6) is 0 Å². The van der Waals surface area contributed by atoms with E-state index in [-0.39, 0.29) is 0 Å². The smallest absolute Gasteiger partial charge is 0.251 e. The highest BCUT2D eigenvalue weighted by molar-refractivity contribution is 7.13. The van der Waals surface area contributed by atoms with Gasteiger partial charge < -0.3 is 5.73 Å². The van der Waals surface area contributed by atoms with Crippen molar-refractivity contribution in [2.24, 2.45) is 0 Å². The minimum Gasteiger partial charge on any atom is -0.396 e. The first-order valence-electron chi connectivity index (χ1n) is 5.85. The molecule has 0 spiro atoms. The largest absolute Gasteiger partial charge is 0.396 e. The van der Waals surface area contributed by atoms with Crippen LogP contribution in [0.4, 0.5) is 5.69 Å². The third-order valence-electron chi connectivity index (χ3n) is 2.67. The van der Waals surface area contributed by atoms with E-state index >= 15 is 0 Å². The van der Waals surface area contributed by atoms with Gasteiger partial charge in [0.25, 0.3) is 5.95 Å². The maximum atomic E-state index is 6.01. The molecule has 0 unspecified atom stereocenters. The molecule has 3 aromatic heterocycles. The summed E-state index contributed by atoms with van der Waals surface area (Å²) in [5.74, 6) is 0.548. The summed E-state index contributed by atoms with van der Waals surface area (Å²) >= 11 is 1.61. The quantitative estimate of drug-likeness (QED) is 0.777. The SMILES string of the molecule is Cc1cc(C)nc(-n2cc(N)c(-c3cccs3)n2)n1. The number of nitrogens with zero attached hydrogens (tertiary/aromatic N) is 4. The van der Waals surface area contributed by atoms with E-state index in [0.717, 1.165) is 22.0 Å². The second kappa shape index (κ2) is 4.47. The van der Waals surface area contributed by atoms with Crippen LogP contribution in [0.1, 0.15) is 11.4 Å². The van der Waals surface area contributed by atoms with Gasteiger partial charge in [0.2, 0.25) is 0 Å². The summed E-state index contributed by atoms with van der Waals surface area (Å²) in [5.41, 5.74) is 9.24. The van der Waals surface area contributed by atoms with Crippen LogP contribution in [0, 0.1) is 13.8 Å². The van der Waals surface area contributed by atoms with Crippen molar-refractivity contribution in [2.75, 3.05) is 5.73 Å². The zero-order valence-electron chi connectivity index (χ0n) is 10.7. The Balaban J connectivity index is 2.09. The van der Waals surface area contributed by atoms with E-state index in [1.807, 2.05) is 37.4 Å². The van der Waals surface area contributed by atoms with Crippen molar-refractivity contribution in [3.05, 3.63) is 41.2 Å². The van der Waals surface area contributed by atoms with Crippen molar-refractivity contribution >= 4 is 17.0 Å². The lowest BCUT2D eigenvalue weighted by Gasteiger charge is -2.01. The van der Waals surface area contributed by atoms with Crippen molar-refractivity contribution in [3.63, 3.8) is 0 Å². The third-order valence-corrected chi connectivity index (χ3v) is 3.55. The first-order valence-corrected chi connectivity index (χ1v) is 6.73. The Morgan fingerprint density at radius 1 is 1.21 bits per heavy atom. The van der Waals surface area contributed by atoms with Gasteiger partial charge in [-0.15, -0.1) is 11.3 Å². The van der Waals surface area contributed by atoms with E-state index in [2.05, 4.69) is 15.1 Å². The second-order valence-electron chi connectivity index (χ2n) is 4.31. The highest BCUT2D eigenvalue weighted by Gasteiger charge is 2.12. The average Bonchev–Trinajstić information content (AvgIpc) is 2.96. The molecule has 0 radical (unpaired) electrons. The van der Waals surface area contributed by atoms with Crippen molar-refractivity contribution in [1.29, 1.82) is 0 Å². The fourth-order valence-electron chi connectivity index (χ4n) is 1.90. The molecular formula is C13H13N5S. The maximum Gasteiger partial charge on any atom is 0.251 e. The first-order chi connectivity index (χ1) is 9.13. The van der Waals surface area contributed by atoms with Crippen molar-refractivity contribution in [2.45, 2.75) is 13.8 Å². The van der Waals surface area contributed by atoms with E-state index in [1.54, 1.807) is 22.2 Å². The van der Waals surface area contributed by atoms with Crippen LogP contribution in [0.2, 0.25) is 0 Å². The van der Waals surface area contributed by atoms with Gasteiger partial charge in [-0.25, -0.2) is 14.6 Å². The second-order valence-corrected chi connectivity index (χ2v) is 5.25. The van der Waals surface area contributed by atoms with Gasteiger partial charge in [0.05, 0.1) is 16.8 Å². The standard InChI is InChI=1S/C13H13N5S/c1-8-6-9(2)16-13(15-8)18-7-10(14)12(17-18)11-4-3-5-19-11/h3-7H,14H2,1-2H3. The fraction of sp³-hybridized carbons (Fsp3) is 0.154. The molecule has 0 aliphatic carbocycles. The summed E-state index contributed by atoms with van der Waals surface area (Å²) < 4.78 is 1.63. The summed E-state index contributed by atoms with van der Waals surface area (Å²) in [6.07, 6.45) is 1.75. The zero-order valence-corrected chi connectivity index (χ0v) is 11.5. The van der Waals surface area contributed by atoms with Gasteiger partial charge in [0, 0.05) is 11.4 Å². The molecule has 6 heteroatoms. The van der Waals surface area contributed by atoms with Gasteiger partial charge in [-0.3, -0.25) is 0 Å². The lowest BCUT2D eigenvalue weighted by atomic mass is 10.3. The van der Waals surface area contributed by atoms with Gasteiger partial charge in [-0.05, 0) is 31.4 Å². The molecule has 3 rings (SSSR count). The number of anilines is 1. The number of hydrogen-bond donors (Lipinski definition) is 1. The molecule has 19 heavy (non-hydrogen) atoms. The highest BCUT2D eigenvalue weighted by atomic mass is 32.1. The number of aryl methyl sites for hydroxylation is 2. The lowest BCUT2D eigenvalue weighted by molar-refractivity contribution is 0.797. The predicted molar refractivity (Wildman–Crippen MR) is 76.4 cm³/mol. The number of rotatable bonds is 2. The average molecular weight is 271 g/mol. The third kappa shape index (κ3) is 2.22. The molecule has 0 aromatic carbocycles. The normalized spacial score (nSPS) is 10.8. The van der Waals surface area contributed by atoms with Gasteiger partial charge in [0.1, 0.15) is 5.69 Å². The molecule has 0 saturated heterocycles. The van der Waals surface area contributed by atoms with Gasteiger partial charge in [-0.2, -0.15) is 5.10 Å². The molecule has 0 aliphatic rings. The van der Waals surface area contributed by atoms with Crippen LogP contribution in [-0.2, 0) is 0 Å². The van der Waals surface area contributed by atoms with Crippen molar-refractivity contribution < 1.29 is 0 Å².